The number of carbonyl (C=O) groups excluding carboxylic acids is 1. The number of aryl methyl sites for hydroxylation is 2. The number of nitrogens with one attached hydrogen (secondary N) is 1. The fraction of sp³-hybridized carbons (Fsp3) is 0.438. The fourth-order valence-corrected chi connectivity index (χ4v) is 4.29. The largest absolute Gasteiger partial charge is 0.361 e. The second-order valence-corrected chi connectivity index (χ2v) is 6.93. The molecule has 2 heterocycles. The van der Waals surface area contributed by atoms with Crippen molar-refractivity contribution in [1.29, 1.82) is 5.26 Å². The summed E-state index contributed by atoms with van der Waals surface area (Å²) in [4.78, 5) is 13.7. The van der Waals surface area contributed by atoms with E-state index in [4.69, 9.17) is 4.52 Å². The van der Waals surface area contributed by atoms with Gasteiger partial charge in [0.15, 0.2) is 0 Å². The number of nitrogens with zero attached hydrogens (tertiary/aromatic N) is 2. The minimum atomic E-state index is -0.264. The lowest BCUT2D eigenvalue weighted by Crippen LogP contribution is -2.13. The zero-order valence-electron chi connectivity index (χ0n) is 12.8. The molecule has 1 atom stereocenters. The normalized spacial score (nSPS) is 16.9. The van der Waals surface area contributed by atoms with Gasteiger partial charge in [-0.2, -0.15) is 5.26 Å². The first-order chi connectivity index (χ1) is 10.5. The van der Waals surface area contributed by atoms with Crippen LogP contribution >= 0.6 is 11.3 Å². The molecule has 2 aromatic rings. The van der Waals surface area contributed by atoms with Gasteiger partial charge in [-0.25, -0.2) is 0 Å². The van der Waals surface area contributed by atoms with E-state index in [1.807, 2.05) is 0 Å². The maximum atomic E-state index is 12.4. The molecule has 6 heteroatoms. The van der Waals surface area contributed by atoms with E-state index in [0.29, 0.717) is 33.5 Å². The van der Waals surface area contributed by atoms with Crippen molar-refractivity contribution >= 4 is 22.2 Å². The molecule has 0 aromatic carbocycles. The van der Waals surface area contributed by atoms with Crippen molar-refractivity contribution in [3.63, 3.8) is 0 Å². The van der Waals surface area contributed by atoms with Crippen molar-refractivity contribution in [2.45, 2.75) is 40.0 Å². The summed E-state index contributed by atoms with van der Waals surface area (Å²) in [5.41, 5.74) is 2.73. The van der Waals surface area contributed by atoms with Crippen LogP contribution in [0.2, 0.25) is 0 Å². The summed E-state index contributed by atoms with van der Waals surface area (Å²) < 4.78 is 5.03. The Balaban J connectivity index is 1.93. The number of nitriles is 1. The van der Waals surface area contributed by atoms with E-state index < -0.39 is 0 Å². The number of anilines is 1. The van der Waals surface area contributed by atoms with Crippen molar-refractivity contribution in [3.8, 4) is 6.07 Å². The third-order valence-electron chi connectivity index (χ3n) is 4.11. The van der Waals surface area contributed by atoms with Crippen molar-refractivity contribution in [2.75, 3.05) is 5.32 Å². The van der Waals surface area contributed by atoms with Crippen LogP contribution in [-0.2, 0) is 12.8 Å². The Morgan fingerprint density at radius 3 is 2.91 bits per heavy atom. The van der Waals surface area contributed by atoms with Crippen LogP contribution in [0.15, 0.2) is 4.52 Å². The lowest BCUT2D eigenvalue weighted by Gasteiger charge is -2.17. The molecular formula is C16H17N3O2S. The van der Waals surface area contributed by atoms with Crippen LogP contribution in [0.1, 0.15) is 51.2 Å². The minimum Gasteiger partial charge on any atom is -0.361 e. The van der Waals surface area contributed by atoms with Gasteiger partial charge in [0.2, 0.25) is 0 Å². The van der Waals surface area contributed by atoms with Gasteiger partial charge in [-0.05, 0) is 44.6 Å². The Hall–Kier alpha value is -2.13. The number of aromatic nitrogens is 1. The molecule has 2 aromatic heterocycles. The number of thiophene rings is 1. The predicted molar refractivity (Wildman–Crippen MR) is 84.2 cm³/mol. The molecule has 0 bridgehead atoms. The molecule has 1 amide bonds. The van der Waals surface area contributed by atoms with Crippen LogP contribution in [0.3, 0.4) is 0 Å². The number of fused-ring (bicyclic) bond motifs is 1. The van der Waals surface area contributed by atoms with Gasteiger partial charge >= 0.3 is 0 Å². The molecule has 22 heavy (non-hydrogen) atoms. The molecule has 0 aliphatic heterocycles. The highest BCUT2D eigenvalue weighted by Gasteiger charge is 2.26. The Kier molecular flexibility index (Phi) is 3.75. The molecular weight excluding hydrogens is 298 g/mol. The van der Waals surface area contributed by atoms with Crippen LogP contribution in [0.5, 0.6) is 0 Å². The topological polar surface area (TPSA) is 78.9 Å². The van der Waals surface area contributed by atoms with E-state index in [2.05, 4.69) is 23.5 Å². The highest BCUT2D eigenvalue weighted by atomic mass is 32.1. The van der Waals surface area contributed by atoms with Gasteiger partial charge in [-0.1, -0.05) is 12.1 Å². The lowest BCUT2D eigenvalue weighted by atomic mass is 9.88. The molecule has 1 aliphatic carbocycles. The Morgan fingerprint density at radius 1 is 1.50 bits per heavy atom. The van der Waals surface area contributed by atoms with Crippen LogP contribution in [0.25, 0.3) is 0 Å². The van der Waals surface area contributed by atoms with Gasteiger partial charge in [0.1, 0.15) is 22.4 Å². The van der Waals surface area contributed by atoms with E-state index in [9.17, 15) is 10.1 Å². The highest BCUT2D eigenvalue weighted by molar-refractivity contribution is 7.16. The van der Waals surface area contributed by atoms with Crippen molar-refractivity contribution < 1.29 is 9.32 Å². The maximum absolute atomic E-state index is 12.4. The number of rotatable bonds is 2. The van der Waals surface area contributed by atoms with Crippen molar-refractivity contribution in [2.24, 2.45) is 5.92 Å². The molecule has 1 N–H and O–H groups in total. The quantitative estimate of drug-likeness (QED) is 0.918. The van der Waals surface area contributed by atoms with Gasteiger partial charge in [-0.15, -0.1) is 11.3 Å². The Labute approximate surface area is 132 Å². The molecule has 0 saturated heterocycles. The van der Waals surface area contributed by atoms with Gasteiger partial charge < -0.3 is 9.84 Å². The van der Waals surface area contributed by atoms with Gasteiger partial charge in [0, 0.05) is 4.88 Å². The zero-order chi connectivity index (χ0) is 15.9. The third-order valence-corrected chi connectivity index (χ3v) is 5.28. The maximum Gasteiger partial charge on any atom is 0.261 e. The molecule has 3 rings (SSSR count). The van der Waals surface area contributed by atoms with E-state index in [-0.39, 0.29) is 5.91 Å². The van der Waals surface area contributed by atoms with Crippen LogP contribution in [-0.4, -0.2) is 11.1 Å². The van der Waals surface area contributed by atoms with Crippen LogP contribution < -0.4 is 5.32 Å². The Bertz CT molecular complexity index is 763. The molecule has 114 valence electrons. The van der Waals surface area contributed by atoms with Crippen LogP contribution in [0.4, 0.5) is 5.00 Å². The van der Waals surface area contributed by atoms with Gasteiger partial charge in [0.05, 0.1) is 11.3 Å². The standard InChI is InChI=1S/C16H17N3O2S/c1-8-4-5-11-12(7-17)16(22-13(11)6-8)18-15(20)14-9(2)19-21-10(14)3/h8H,4-6H2,1-3H3,(H,18,20). The van der Waals surface area contributed by atoms with Gasteiger partial charge in [-0.3, -0.25) is 4.79 Å². The minimum absolute atomic E-state index is 0.264. The van der Waals surface area contributed by atoms with Crippen molar-refractivity contribution in [3.05, 3.63) is 33.0 Å². The number of hydrogen-bond acceptors (Lipinski definition) is 5. The molecule has 0 saturated carbocycles. The van der Waals surface area contributed by atoms with E-state index in [0.717, 1.165) is 24.8 Å². The second kappa shape index (κ2) is 5.58. The van der Waals surface area contributed by atoms with E-state index in [1.54, 1.807) is 13.8 Å². The summed E-state index contributed by atoms with van der Waals surface area (Å²) in [5.74, 6) is 0.853. The summed E-state index contributed by atoms with van der Waals surface area (Å²) in [6.07, 6.45) is 2.99. The number of amides is 1. The SMILES string of the molecule is Cc1noc(C)c1C(=O)Nc1sc2c(c1C#N)CCC(C)C2. The zero-order valence-corrected chi connectivity index (χ0v) is 13.6. The van der Waals surface area contributed by atoms with E-state index >= 15 is 0 Å². The highest BCUT2D eigenvalue weighted by Crippen LogP contribution is 2.39. The lowest BCUT2D eigenvalue weighted by molar-refractivity contribution is 0.102. The fourth-order valence-electron chi connectivity index (χ4n) is 2.93. The molecule has 0 fully saturated rings. The van der Waals surface area contributed by atoms with Gasteiger partial charge in [0.25, 0.3) is 5.91 Å². The first kappa shape index (κ1) is 14.8. The molecule has 1 aliphatic rings. The number of hydrogen-bond donors (Lipinski definition) is 1. The molecule has 5 nitrogen and oxygen atoms in total. The third kappa shape index (κ3) is 2.42. The number of carbonyl (C=O) groups is 1. The first-order valence-electron chi connectivity index (χ1n) is 7.30. The summed E-state index contributed by atoms with van der Waals surface area (Å²) in [5, 5.41) is 16.8. The summed E-state index contributed by atoms with van der Waals surface area (Å²) >= 11 is 1.52. The molecule has 0 radical (unpaired) electrons. The summed E-state index contributed by atoms with van der Waals surface area (Å²) in [6.45, 7) is 5.66. The molecule has 1 unspecified atom stereocenters. The predicted octanol–water partition coefficient (Wildman–Crippen LogP) is 3.60. The Morgan fingerprint density at radius 2 is 2.27 bits per heavy atom. The van der Waals surface area contributed by atoms with E-state index in [1.165, 1.54) is 16.2 Å². The summed E-state index contributed by atoms with van der Waals surface area (Å²) in [7, 11) is 0. The summed E-state index contributed by atoms with van der Waals surface area (Å²) in [6, 6.07) is 2.26. The first-order valence-corrected chi connectivity index (χ1v) is 8.11. The average Bonchev–Trinajstić information content (AvgIpc) is 2.97. The second-order valence-electron chi connectivity index (χ2n) is 5.82. The average molecular weight is 315 g/mol. The smallest absolute Gasteiger partial charge is 0.261 e. The van der Waals surface area contributed by atoms with Crippen LogP contribution in [0, 0.1) is 31.1 Å². The van der Waals surface area contributed by atoms with Crippen molar-refractivity contribution in [1.82, 2.24) is 5.16 Å². The molecule has 0 spiro atoms. The monoisotopic (exact) mass is 315 g/mol.